The molecule has 0 aliphatic rings. The number of amides is 1. The van der Waals surface area contributed by atoms with Crippen molar-refractivity contribution in [1.82, 2.24) is 15.3 Å². The first-order valence-electron chi connectivity index (χ1n) is 9.32. The topological polar surface area (TPSA) is 79.3 Å². The highest BCUT2D eigenvalue weighted by Gasteiger charge is 2.17. The van der Waals surface area contributed by atoms with E-state index in [-0.39, 0.29) is 17.5 Å². The molecule has 0 aliphatic heterocycles. The van der Waals surface area contributed by atoms with E-state index in [4.69, 9.17) is 11.6 Å². The van der Waals surface area contributed by atoms with E-state index >= 15 is 0 Å². The normalized spacial score (nSPS) is 13.2. The second-order valence-corrected chi connectivity index (χ2v) is 7.26. The molecule has 6 nitrogen and oxygen atoms in total. The van der Waals surface area contributed by atoms with Crippen LogP contribution in [0.1, 0.15) is 31.3 Å². The molecular weight excluding hydrogens is 376 g/mol. The quantitative estimate of drug-likeness (QED) is 0.567. The molecule has 3 N–H and O–H groups in total. The summed E-state index contributed by atoms with van der Waals surface area (Å²) >= 11 is 5.91. The van der Waals surface area contributed by atoms with Gasteiger partial charge in [-0.1, -0.05) is 35.9 Å². The Kier molecular flexibility index (Phi) is 6.44. The number of likely N-dealkylation sites (N-methyl/N-ethyl adjacent to an activating group) is 1. The van der Waals surface area contributed by atoms with Gasteiger partial charge in [0.25, 0.3) is 11.5 Å². The Morgan fingerprint density at radius 3 is 2.64 bits per heavy atom. The van der Waals surface area contributed by atoms with E-state index in [9.17, 15) is 9.59 Å². The molecule has 1 unspecified atom stereocenters. The number of rotatable bonds is 7. The van der Waals surface area contributed by atoms with Crippen LogP contribution in [0.25, 0.3) is 10.9 Å². The molecule has 1 aromatic heterocycles. The zero-order chi connectivity index (χ0) is 20.1. The summed E-state index contributed by atoms with van der Waals surface area (Å²) in [4.78, 5) is 33.1. The number of para-hydroxylation sites is 1. The molecule has 3 aromatic rings. The standard InChI is InChI=1S/C21H23ClN4O2/c1-3-26(12-19-24-18-7-5-4-6-17(18)21(28)25-19)13-20(27)23-14(2)15-8-10-16(22)11-9-15/h4-11,14H,3,12-13H2,1-2H3,(H,23,27)(H,24,25,28)/p+1/t14-/m0/s1. The lowest BCUT2D eigenvalue weighted by Crippen LogP contribution is -3.11. The molecule has 2 aromatic carbocycles. The van der Waals surface area contributed by atoms with Crippen LogP contribution in [0.5, 0.6) is 0 Å². The van der Waals surface area contributed by atoms with Gasteiger partial charge < -0.3 is 15.2 Å². The molecule has 0 saturated carbocycles. The Balaban J connectivity index is 1.64. The molecule has 1 amide bonds. The number of aromatic nitrogens is 2. The number of nitrogens with one attached hydrogen (secondary N) is 3. The second kappa shape index (κ2) is 8.99. The van der Waals surface area contributed by atoms with Gasteiger partial charge in [-0.15, -0.1) is 0 Å². The zero-order valence-electron chi connectivity index (χ0n) is 16.0. The number of aromatic amines is 1. The van der Waals surface area contributed by atoms with Crippen molar-refractivity contribution in [3.63, 3.8) is 0 Å². The third-order valence-electron chi connectivity index (χ3n) is 4.74. The van der Waals surface area contributed by atoms with Crippen LogP contribution in [0.2, 0.25) is 5.02 Å². The van der Waals surface area contributed by atoms with Crippen molar-refractivity contribution >= 4 is 28.4 Å². The molecule has 3 rings (SSSR count). The van der Waals surface area contributed by atoms with E-state index in [1.807, 2.05) is 56.3 Å². The lowest BCUT2D eigenvalue weighted by molar-refractivity contribution is -0.904. The summed E-state index contributed by atoms with van der Waals surface area (Å²) in [5.74, 6) is 0.529. The average molecular weight is 400 g/mol. The van der Waals surface area contributed by atoms with Gasteiger partial charge in [0, 0.05) is 5.02 Å². The zero-order valence-corrected chi connectivity index (χ0v) is 16.7. The molecule has 0 spiro atoms. The Labute approximate surface area is 168 Å². The lowest BCUT2D eigenvalue weighted by Gasteiger charge is -2.19. The molecular formula is C21H24ClN4O2+. The third-order valence-corrected chi connectivity index (χ3v) is 4.99. The first-order chi connectivity index (χ1) is 13.5. The predicted molar refractivity (Wildman–Crippen MR) is 110 cm³/mol. The third kappa shape index (κ3) is 4.97. The van der Waals surface area contributed by atoms with Crippen LogP contribution in [0, 0.1) is 0 Å². The number of hydrogen-bond acceptors (Lipinski definition) is 3. The van der Waals surface area contributed by atoms with Gasteiger partial charge in [0.1, 0.15) is 6.54 Å². The van der Waals surface area contributed by atoms with Crippen LogP contribution in [0.4, 0.5) is 0 Å². The van der Waals surface area contributed by atoms with Gasteiger partial charge in [-0.05, 0) is 43.7 Å². The molecule has 1 heterocycles. The first-order valence-corrected chi connectivity index (χ1v) is 9.70. The number of fused-ring (bicyclic) bond motifs is 1. The summed E-state index contributed by atoms with van der Waals surface area (Å²) < 4.78 is 0. The molecule has 0 saturated heterocycles. The molecule has 0 bridgehead atoms. The summed E-state index contributed by atoms with van der Waals surface area (Å²) in [6.45, 7) is 5.45. The van der Waals surface area contributed by atoms with Crippen molar-refractivity contribution in [3.8, 4) is 0 Å². The van der Waals surface area contributed by atoms with E-state index in [1.165, 1.54) is 0 Å². The maximum Gasteiger partial charge on any atom is 0.275 e. The van der Waals surface area contributed by atoms with Crippen molar-refractivity contribution in [1.29, 1.82) is 0 Å². The highest BCUT2D eigenvalue weighted by atomic mass is 35.5. The van der Waals surface area contributed by atoms with Crippen LogP contribution in [0.3, 0.4) is 0 Å². The first kappa shape index (κ1) is 20.0. The number of carbonyl (C=O) groups excluding carboxylic acids is 1. The predicted octanol–water partition coefficient (Wildman–Crippen LogP) is 1.86. The van der Waals surface area contributed by atoms with Gasteiger partial charge in [-0.2, -0.15) is 0 Å². The molecule has 2 atom stereocenters. The molecule has 0 aliphatic carbocycles. The number of benzene rings is 2. The van der Waals surface area contributed by atoms with Gasteiger partial charge in [-0.25, -0.2) is 4.98 Å². The fourth-order valence-corrected chi connectivity index (χ4v) is 3.25. The van der Waals surface area contributed by atoms with Gasteiger partial charge >= 0.3 is 0 Å². The van der Waals surface area contributed by atoms with E-state index in [0.717, 1.165) is 17.0 Å². The van der Waals surface area contributed by atoms with Crippen LogP contribution >= 0.6 is 11.6 Å². The Bertz CT molecular complexity index is 1020. The smallest absolute Gasteiger partial charge is 0.275 e. The molecule has 0 fully saturated rings. The van der Waals surface area contributed by atoms with Crippen molar-refractivity contribution in [3.05, 3.63) is 75.3 Å². The highest BCUT2D eigenvalue weighted by molar-refractivity contribution is 6.30. The largest absolute Gasteiger partial charge is 0.345 e. The fourth-order valence-electron chi connectivity index (χ4n) is 3.12. The summed E-state index contributed by atoms with van der Waals surface area (Å²) in [6, 6.07) is 14.6. The lowest BCUT2D eigenvalue weighted by atomic mass is 10.1. The van der Waals surface area contributed by atoms with E-state index in [1.54, 1.807) is 6.07 Å². The number of halogens is 1. The minimum atomic E-state index is -0.156. The van der Waals surface area contributed by atoms with Crippen molar-refractivity contribution in [2.75, 3.05) is 13.1 Å². The molecule has 28 heavy (non-hydrogen) atoms. The number of carbonyl (C=O) groups is 1. The summed E-state index contributed by atoms with van der Waals surface area (Å²) in [7, 11) is 0. The summed E-state index contributed by atoms with van der Waals surface area (Å²) in [5, 5.41) is 4.25. The maximum absolute atomic E-state index is 12.5. The second-order valence-electron chi connectivity index (χ2n) is 6.83. The monoisotopic (exact) mass is 399 g/mol. The van der Waals surface area contributed by atoms with Gasteiger partial charge in [0.05, 0.1) is 23.5 Å². The fraction of sp³-hybridized carbons (Fsp3) is 0.286. The van der Waals surface area contributed by atoms with Crippen molar-refractivity contribution in [2.24, 2.45) is 0 Å². The minimum Gasteiger partial charge on any atom is -0.345 e. The van der Waals surface area contributed by atoms with E-state index in [2.05, 4.69) is 15.3 Å². The van der Waals surface area contributed by atoms with Gasteiger partial charge in [0.2, 0.25) is 0 Å². The summed E-state index contributed by atoms with van der Waals surface area (Å²) in [6.07, 6.45) is 0. The van der Waals surface area contributed by atoms with Gasteiger partial charge in [0.15, 0.2) is 12.4 Å². The number of quaternary nitrogens is 1. The Hall–Kier alpha value is -2.70. The van der Waals surface area contributed by atoms with Crippen LogP contribution in [-0.4, -0.2) is 29.0 Å². The van der Waals surface area contributed by atoms with Crippen LogP contribution < -0.4 is 15.8 Å². The summed E-state index contributed by atoms with van der Waals surface area (Å²) in [5.41, 5.74) is 1.51. The number of nitrogens with zero attached hydrogens (tertiary/aromatic N) is 1. The number of H-pyrrole nitrogens is 1. The highest BCUT2D eigenvalue weighted by Crippen LogP contribution is 2.15. The van der Waals surface area contributed by atoms with E-state index < -0.39 is 0 Å². The van der Waals surface area contributed by atoms with Crippen LogP contribution in [-0.2, 0) is 11.3 Å². The van der Waals surface area contributed by atoms with Gasteiger partial charge in [-0.3, -0.25) is 9.59 Å². The Morgan fingerprint density at radius 2 is 1.93 bits per heavy atom. The number of hydrogen-bond donors (Lipinski definition) is 3. The van der Waals surface area contributed by atoms with Crippen molar-refractivity contribution in [2.45, 2.75) is 26.4 Å². The maximum atomic E-state index is 12.5. The average Bonchev–Trinajstić information content (AvgIpc) is 2.68. The molecule has 7 heteroatoms. The van der Waals surface area contributed by atoms with Crippen LogP contribution in [0.15, 0.2) is 53.3 Å². The van der Waals surface area contributed by atoms with E-state index in [0.29, 0.717) is 34.8 Å². The molecule has 146 valence electrons. The van der Waals surface area contributed by atoms with Crippen molar-refractivity contribution < 1.29 is 9.69 Å². The SMILES string of the molecule is CC[NH+](CC(=O)N[C@@H](C)c1ccc(Cl)cc1)Cc1nc2ccccc2c(=O)[nH]1. The minimum absolute atomic E-state index is 0.0533. The molecule has 0 radical (unpaired) electrons. The Morgan fingerprint density at radius 1 is 1.21 bits per heavy atom.